The molecule has 2 saturated heterocycles. The first kappa shape index (κ1) is 12.2. The van der Waals surface area contributed by atoms with Gasteiger partial charge in [-0.1, -0.05) is 19.8 Å². The molecule has 2 rings (SSSR count). The first-order valence-corrected chi connectivity index (χ1v) is 7.35. The highest BCUT2D eigenvalue weighted by molar-refractivity contribution is 8.00. The summed E-state index contributed by atoms with van der Waals surface area (Å²) in [6, 6.07) is 0.262. The molecule has 0 bridgehead atoms. The van der Waals surface area contributed by atoms with Crippen LogP contribution in [0.5, 0.6) is 0 Å². The van der Waals surface area contributed by atoms with Crippen LogP contribution in [0.1, 0.15) is 39.0 Å². The van der Waals surface area contributed by atoms with Gasteiger partial charge in [-0.15, -0.1) is 0 Å². The Bertz CT molecular complexity index is 259. The van der Waals surface area contributed by atoms with Gasteiger partial charge in [-0.3, -0.25) is 9.69 Å². The Labute approximate surface area is 102 Å². The SMILES string of the molecule is CC1SCCC1N1CCCCCC1C(=O)O. The van der Waals surface area contributed by atoms with Gasteiger partial charge in [0.25, 0.3) is 0 Å². The van der Waals surface area contributed by atoms with Crippen molar-refractivity contribution in [2.24, 2.45) is 0 Å². The molecule has 2 fully saturated rings. The van der Waals surface area contributed by atoms with Gasteiger partial charge in [0.2, 0.25) is 0 Å². The van der Waals surface area contributed by atoms with Crippen molar-refractivity contribution in [3.8, 4) is 0 Å². The maximum Gasteiger partial charge on any atom is 0.320 e. The Balaban J connectivity index is 2.10. The average Bonchev–Trinajstić information content (AvgIpc) is 2.54. The second-order valence-corrected chi connectivity index (χ2v) is 6.36. The molecule has 2 heterocycles. The quantitative estimate of drug-likeness (QED) is 0.807. The number of likely N-dealkylation sites (tertiary alicyclic amines) is 1. The summed E-state index contributed by atoms with van der Waals surface area (Å²) in [5.41, 5.74) is 0. The highest BCUT2D eigenvalue weighted by Gasteiger charge is 2.37. The first-order valence-electron chi connectivity index (χ1n) is 6.30. The Morgan fingerprint density at radius 2 is 2.12 bits per heavy atom. The van der Waals surface area contributed by atoms with Crippen molar-refractivity contribution in [1.82, 2.24) is 4.90 Å². The Morgan fingerprint density at radius 1 is 1.31 bits per heavy atom. The minimum atomic E-state index is -0.619. The molecule has 0 amide bonds. The van der Waals surface area contributed by atoms with Gasteiger partial charge in [0, 0.05) is 11.3 Å². The Kier molecular flexibility index (Phi) is 4.14. The molecule has 2 aliphatic rings. The molecule has 0 spiro atoms. The molecule has 0 saturated carbocycles. The highest BCUT2D eigenvalue weighted by atomic mass is 32.2. The van der Waals surface area contributed by atoms with Gasteiger partial charge in [-0.05, 0) is 31.6 Å². The van der Waals surface area contributed by atoms with Crippen LogP contribution in [0.25, 0.3) is 0 Å². The van der Waals surface area contributed by atoms with Crippen molar-refractivity contribution in [2.45, 2.75) is 56.4 Å². The molecule has 3 atom stereocenters. The molecular formula is C12H21NO2S. The van der Waals surface area contributed by atoms with Crippen molar-refractivity contribution in [2.75, 3.05) is 12.3 Å². The van der Waals surface area contributed by atoms with Crippen LogP contribution in [0.4, 0.5) is 0 Å². The summed E-state index contributed by atoms with van der Waals surface area (Å²) < 4.78 is 0. The fourth-order valence-electron chi connectivity index (χ4n) is 2.95. The predicted octanol–water partition coefficient (Wildman–Crippen LogP) is 2.21. The number of nitrogens with zero attached hydrogens (tertiary/aromatic N) is 1. The number of carbonyl (C=O) groups is 1. The summed E-state index contributed by atoms with van der Waals surface area (Å²) in [5.74, 6) is 0.570. The number of hydrogen-bond donors (Lipinski definition) is 1. The molecular weight excluding hydrogens is 222 g/mol. The van der Waals surface area contributed by atoms with Crippen molar-refractivity contribution >= 4 is 17.7 Å². The molecule has 0 aromatic rings. The topological polar surface area (TPSA) is 40.5 Å². The van der Waals surface area contributed by atoms with Crippen LogP contribution < -0.4 is 0 Å². The highest BCUT2D eigenvalue weighted by Crippen LogP contribution is 2.33. The second-order valence-electron chi connectivity index (χ2n) is 4.87. The lowest BCUT2D eigenvalue weighted by Crippen LogP contribution is -2.49. The van der Waals surface area contributed by atoms with Crippen LogP contribution in [-0.4, -0.2) is 45.6 Å². The van der Waals surface area contributed by atoms with Crippen LogP contribution in [0.3, 0.4) is 0 Å². The summed E-state index contributed by atoms with van der Waals surface area (Å²) in [6.07, 6.45) is 5.42. The lowest BCUT2D eigenvalue weighted by Gasteiger charge is -2.34. The maximum absolute atomic E-state index is 11.3. The monoisotopic (exact) mass is 243 g/mol. The largest absolute Gasteiger partial charge is 0.480 e. The van der Waals surface area contributed by atoms with E-state index in [0.29, 0.717) is 11.3 Å². The number of rotatable bonds is 2. The van der Waals surface area contributed by atoms with Gasteiger partial charge in [-0.2, -0.15) is 11.8 Å². The molecule has 16 heavy (non-hydrogen) atoms. The molecule has 3 nitrogen and oxygen atoms in total. The molecule has 3 unspecified atom stereocenters. The molecule has 92 valence electrons. The summed E-state index contributed by atoms with van der Waals surface area (Å²) in [5, 5.41) is 9.93. The van der Waals surface area contributed by atoms with E-state index in [1.807, 2.05) is 11.8 Å². The lowest BCUT2D eigenvalue weighted by molar-refractivity contribution is -0.144. The maximum atomic E-state index is 11.3. The van der Waals surface area contributed by atoms with Gasteiger partial charge in [0.05, 0.1) is 0 Å². The molecule has 1 N–H and O–H groups in total. The normalized spacial score (nSPS) is 37.2. The van der Waals surface area contributed by atoms with Crippen molar-refractivity contribution in [3.63, 3.8) is 0 Å². The average molecular weight is 243 g/mol. The first-order chi connectivity index (χ1) is 7.70. The minimum Gasteiger partial charge on any atom is -0.480 e. The number of carboxylic acid groups (broad SMARTS) is 1. The van der Waals surface area contributed by atoms with Crippen LogP contribution in [0, 0.1) is 0 Å². The molecule has 0 aromatic heterocycles. The van der Waals surface area contributed by atoms with E-state index >= 15 is 0 Å². The van der Waals surface area contributed by atoms with E-state index in [1.165, 1.54) is 12.2 Å². The van der Waals surface area contributed by atoms with E-state index < -0.39 is 5.97 Å². The molecule has 4 heteroatoms. The van der Waals surface area contributed by atoms with Crippen molar-refractivity contribution < 1.29 is 9.90 Å². The predicted molar refractivity (Wildman–Crippen MR) is 66.9 cm³/mol. The van der Waals surface area contributed by atoms with Crippen LogP contribution >= 0.6 is 11.8 Å². The number of thioether (sulfide) groups is 1. The molecule has 0 aromatic carbocycles. The third kappa shape index (κ3) is 2.54. The van der Waals surface area contributed by atoms with Crippen LogP contribution in [0.15, 0.2) is 0 Å². The smallest absolute Gasteiger partial charge is 0.320 e. The zero-order valence-corrected chi connectivity index (χ0v) is 10.7. The number of aliphatic carboxylic acids is 1. The van der Waals surface area contributed by atoms with Gasteiger partial charge in [-0.25, -0.2) is 0 Å². The summed E-state index contributed by atoms with van der Waals surface area (Å²) >= 11 is 1.98. The van der Waals surface area contributed by atoms with E-state index in [4.69, 9.17) is 0 Å². The fraction of sp³-hybridized carbons (Fsp3) is 0.917. The second kappa shape index (κ2) is 5.41. The van der Waals surface area contributed by atoms with E-state index in [-0.39, 0.29) is 6.04 Å². The van der Waals surface area contributed by atoms with Gasteiger partial charge in [0.1, 0.15) is 6.04 Å². The Hall–Kier alpha value is -0.220. The zero-order chi connectivity index (χ0) is 11.5. The minimum absolute atomic E-state index is 0.228. The Morgan fingerprint density at radius 3 is 2.75 bits per heavy atom. The van der Waals surface area contributed by atoms with E-state index in [9.17, 15) is 9.90 Å². The standard InChI is InChI=1S/C12H21NO2S/c1-9-10(6-8-16-9)13-7-4-2-3-5-11(13)12(14)15/h9-11H,2-8H2,1H3,(H,14,15). The summed E-state index contributed by atoms with van der Waals surface area (Å²) in [4.78, 5) is 13.6. The zero-order valence-electron chi connectivity index (χ0n) is 9.89. The molecule has 0 radical (unpaired) electrons. The lowest BCUT2D eigenvalue weighted by atomic mass is 10.1. The van der Waals surface area contributed by atoms with Gasteiger partial charge >= 0.3 is 5.97 Å². The summed E-state index contributed by atoms with van der Waals surface area (Å²) in [7, 11) is 0. The van der Waals surface area contributed by atoms with Gasteiger partial charge in [0.15, 0.2) is 0 Å². The van der Waals surface area contributed by atoms with E-state index in [2.05, 4.69) is 11.8 Å². The summed E-state index contributed by atoms with van der Waals surface area (Å²) in [6.45, 7) is 3.22. The third-order valence-electron chi connectivity index (χ3n) is 3.84. The third-order valence-corrected chi connectivity index (χ3v) is 5.15. The van der Waals surface area contributed by atoms with Crippen molar-refractivity contribution in [3.05, 3.63) is 0 Å². The molecule has 2 aliphatic heterocycles. The van der Waals surface area contributed by atoms with Gasteiger partial charge < -0.3 is 5.11 Å². The van der Waals surface area contributed by atoms with Crippen molar-refractivity contribution in [1.29, 1.82) is 0 Å². The number of hydrogen-bond acceptors (Lipinski definition) is 3. The van der Waals surface area contributed by atoms with Crippen LogP contribution in [0.2, 0.25) is 0 Å². The number of carboxylic acids is 1. The molecule has 0 aliphatic carbocycles. The fourth-order valence-corrected chi connectivity index (χ4v) is 4.21. The van der Waals surface area contributed by atoms with E-state index in [1.54, 1.807) is 0 Å². The van der Waals surface area contributed by atoms with E-state index in [0.717, 1.165) is 32.2 Å². The van der Waals surface area contributed by atoms with Crippen LogP contribution in [-0.2, 0) is 4.79 Å².